The summed E-state index contributed by atoms with van der Waals surface area (Å²) in [5.41, 5.74) is 4.15. The Balaban J connectivity index is 1.92. The second-order valence-electron chi connectivity index (χ2n) is 7.45. The summed E-state index contributed by atoms with van der Waals surface area (Å²) in [4.78, 5) is 16.8. The lowest BCUT2D eigenvalue weighted by molar-refractivity contribution is 0.0961. The van der Waals surface area contributed by atoms with Crippen molar-refractivity contribution in [1.82, 2.24) is 0 Å². The molecule has 1 aliphatic rings. The third-order valence-electron chi connectivity index (χ3n) is 5.24. The number of aryl methyl sites for hydroxylation is 1. The molecule has 0 saturated heterocycles. The van der Waals surface area contributed by atoms with Gasteiger partial charge in [-0.25, -0.2) is 0 Å². The molecule has 0 fully saturated rings. The van der Waals surface area contributed by atoms with Crippen molar-refractivity contribution in [2.24, 2.45) is 0 Å². The van der Waals surface area contributed by atoms with Gasteiger partial charge in [-0.05, 0) is 51.1 Å². The van der Waals surface area contributed by atoms with E-state index in [-0.39, 0.29) is 5.91 Å². The van der Waals surface area contributed by atoms with Gasteiger partial charge < -0.3 is 9.47 Å². The molecule has 7 heteroatoms. The van der Waals surface area contributed by atoms with Gasteiger partial charge in [-0.2, -0.15) is 0 Å². The minimum Gasteiger partial charge on any atom is -0.493 e. The van der Waals surface area contributed by atoms with Crippen molar-refractivity contribution in [3.63, 3.8) is 0 Å². The zero-order valence-corrected chi connectivity index (χ0v) is 19.3. The maximum absolute atomic E-state index is 13.8. The minimum absolute atomic E-state index is 0.0870. The van der Waals surface area contributed by atoms with Crippen LogP contribution in [0.15, 0.2) is 36.4 Å². The van der Waals surface area contributed by atoms with Gasteiger partial charge in [0.2, 0.25) is 0 Å². The van der Waals surface area contributed by atoms with Crippen molar-refractivity contribution in [2.45, 2.75) is 26.3 Å². The van der Waals surface area contributed by atoms with E-state index in [1.807, 2.05) is 17.0 Å². The smallest absolute Gasteiger partial charge is 0.259 e. The van der Waals surface area contributed by atoms with Gasteiger partial charge in [-0.1, -0.05) is 44.5 Å². The van der Waals surface area contributed by atoms with E-state index in [4.69, 9.17) is 21.7 Å². The molecule has 0 N–H and O–H groups in total. The molecule has 0 spiro atoms. The van der Waals surface area contributed by atoms with Gasteiger partial charge in [0.15, 0.2) is 11.5 Å². The highest BCUT2D eigenvalue weighted by atomic mass is 32.9. The number of benzene rings is 2. The van der Waals surface area contributed by atoms with Crippen molar-refractivity contribution in [3.8, 4) is 22.6 Å². The third kappa shape index (κ3) is 3.08. The number of carbonyl (C=O) groups is 1. The number of anilines is 1. The summed E-state index contributed by atoms with van der Waals surface area (Å²) in [6.45, 7) is 6.20. The fraction of sp³-hybridized carbons (Fsp3) is 0.273. The second kappa shape index (κ2) is 7.23. The average Bonchev–Trinajstić information content (AvgIpc) is 3.10. The highest BCUT2D eigenvalue weighted by Gasteiger charge is 2.43. The fourth-order valence-electron chi connectivity index (χ4n) is 3.81. The van der Waals surface area contributed by atoms with E-state index in [1.165, 1.54) is 0 Å². The number of nitrogens with zero attached hydrogens (tertiary/aromatic N) is 1. The molecule has 1 aliphatic heterocycles. The Kier molecular flexibility index (Phi) is 5.01. The van der Waals surface area contributed by atoms with Crippen molar-refractivity contribution in [2.75, 3.05) is 19.1 Å². The summed E-state index contributed by atoms with van der Waals surface area (Å²) in [7, 11) is 6.40. The SMILES string of the molecule is COc1ccc(C(=O)N2c3ccc(C)cc3-c3c(ssc3=S)C2(C)C)cc1OC. The lowest BCUT2D eigenvalue weighted by Crippen LogP contribution is -2.47. The molecule has 4 rings (SSSR count). The van der Waals surface area contributed by atoms with Gasteiger partial charge in [0, 0.05) is 16.7 Å². The zero-order chi connectivity index (χ0) is 20.9. The molecule has 4 nitrogen and oxygen atoms in total. The van der Waals surface area contributed by atoms with Crippen LogP contribution in [0.5, 0.6) is 11.5 Å². The fourth-order valence-corrected chi connectivity index (χ4v) is 7.09. The Morgan fingerprint density at radius 3 is 2.45 bits per heavy atom. The molecule has 0 saturated carbocycles. The first kappa shape index (κ1) is 20.1. The molecule has 2 heterocycles. The monoisotopic (exact) mass is 443 g/mol. The Bertz CT molecular complexity index is 1180. The number of methoxy groups -OCH3 is 2. The second-order valence-corrected chi connectivity index (χ2v) is 10.3. The minimum atomic E-state index is -0.528. The molecular formula is C22H21NO3S3. The van der Waals surface area contributed by atoms with E-state index in [2.05, 4.69) is 26.8 Å². The van der Waals surface area contributed by atoms with Crippen LogP contribution in [0.2, 0.25) is 0 Å². The molecule has 2 aromatic carbocycles. The molecule has 0 atom stereocenters. The van der Waals surface area contributed by atoms with Crippen molar-refractivity contribution in [3.05, 3.63) is 56.2 Å². The molecule has 0 aliphatic carbocycles. The van der Waals surface area contributed by atoms with E-state index < -0.39 is 5.54 Å². The van der Waals surface area contributed by atoms with Crippen LogP contribution >= 0.6 is 32.9 Å². The Labute approximate surface area is 182 Å². The van der Waals surface area contributed by atoms with Gasteiger partial charge in [-0.3, -0.25) is 9.69 Å². The number of carbonyl (C=O) groups excluding carboxylic acids is 1. The van der Waals surface area contributed by atoms with Crippen LogP contribution in [0.3, 0.4) is 0 Å². The number of ether oxygens (including phenoxy) is 2. The van der Waals surface area contributed by atoms with Crippen molar-refractivity contribution in [1.29, 1.82) is 0 Å². The quantitative estimate of drug-likeness (QED) is 0.345. The van der Waals surface area contributed by atoms with Crippen LogP contribution in [0, 0.1) is 10.7 Å². The molecule has 0 radical (unpaired) electrons. The highest BCUT2D eigenvalue weighted by Crippen LogP contribution is 2.52. The van der Waals surface area contributed by atoms with E-state index in [0.29, 0.717) is 17.1 Å². The first-order valence-electron chi connectivity index (χ1n) is 9.10. The number of fused-ring (bicyclic) bond motifs is 3. The van der Waals surface area contributed by atoms with Gasteiger partial charge >= 0.3 is 0 Å². The molecule has 1 amide bonds. The topological polar surface area (TPSA) is 38.8 Å². The van der Waals surface area contributed by atoms with Crippen LogP contribution in [-0.4, -0.2) is 20.1 Å². The lowest BCUT2D eigenvalue weighted by Gasteiger charge is -2.43. The average molecular weight is 444 g/mol. The van der Waals surface area contributed by atoms with Crippen molar-refractivity contribution < 1.29 is 14.3 Å². The van der Waals surface area contributed by atoms with Crippen LogP contribution in [0.4, 0.5) is 5.69 Å². The van der Waals surface area contributed by atoms with Crippen LogP contribution < -0.4 is 14.4 Å². The molecule has 29 heavy (non-hydrogen) atoms. The first-order valence-corrected chi connectivity index (χ1v) is 11.7. The first-order chi connectivity index (χ1) is 13.8. The number of rotatable bonds is 3. The standard InChI is InChI=1S/C22H21NO3S3/c1-12-6-8-15-14(10-12)18-19(28-29-21(18)27)22(2,3)23(15)20(24)13-7-9-16(25-4)17(11-13)26-5/h6-11H,1-5H3. The van der Waals surface area contributed by atoms with E-state index in [1.54, 1.807) is 53.1 Å². The summed E-state index contributed by atoms with van der Waals surface area (Å²) in [5.74, 6) is 1.04. The van der Waals surface area contributed by atoms with Crippen molar-refractivity contribution >= 4 is 44.5 Å². The maximum Gasteiger partial charge on any atom is 0.259 e. The van der Waals surface area contributed by atoms with Crippen LogP contribution in [-0.2, 0) is 5.54 Å². The van der Waals surface area contributed by atoms with E-state index in [9.17, 15) is 4.79 Å². The largest absolute Gasteiger partial charge is 0.493 e. The predicted molar refractivity (Wildman–Crippen MR) is 123 cm³/mol. The Morgan fingerprint density at radius 1 is 1.03 bits per heavy atom. The summed E-state index contributed by atoms with van der Waals surface area (Å²) < 4.78 is 11.6. The predicted octanol–water partition coefficient (Wildman–Crippen LogP) is 6.43. The van der Waals surface area contributed by atoms with Gasteiger partial charge in [0.05, 0.1) is 30.3 Å². The summed E-state index contributed by atoms with van der Waals surface area (Å²) in [6.07, 6.45) is 0. The molecule has 1 aromatic heterocycles. The van der Waals surface area contributed by atoms with Gasteiger partial charge in [0.1, 0.15) is 3.82 Å². The summed E-state index contributed by atoms with van der Waals surface area (Å²) in [5, 5.41) is 0. The van der Waals surface area contributed by atoms with Gasteiger partial charge in [0.25, 0.3) is 5.91 Å². The summed E-state index contributed by atoms with van der Waals surface area (Å²) >= 11 is 5.65. The lowest BCUT2D eigenvalue weighted by atomic mass is 9.86. The molecule has 0 unspecified atom stereocenters. The Morgan fingerprint density at radius 2 is 1.76 bits per heavy atom. The third-order valence-corrected chi connectivity index (χ3v) is 8.57. The van der Waals surface area contributed by atoms with E-state index in [0.717, 1.165) is 31.1 Å². The molecule has 150 valence electrons. The number of hydrogen-bond acceptors (Lipinski definition) is 6. The maximum atomic E-state index is 13.8. The molecule has 3 aromatic rings. The van der Waals surface area contributed by atoms with Gasteiger partial charge in [-0.15, -0.1) is 0 Å². The van der Waals surface area contributed by atoms with Crippen LogP contribution in [0.1, 0.15) is 34.6 Å². The zero-order valence-electron chi connectivity index (χ0n) is 16.9. The normalized spacial score (nSPS) is 14.2. The van der Waals surface area contributed by atoms with Crippen LogP contribution in [0.25, 0.3) is 11.1 Å². The number of hydrogen-bond donors (Lipinski definition) is 0. The van der Waals surface area contributed by atoms with E-state index >= 15 is 0 Å². The molecule has 0 bridgehead atoms. The summed E-state index contributed by atoms with van der Waals surface area (Å²) in [6, 6.07) is 11.4. The molecular weight excluding hydrogens is 422 g/mol. The Hall–Kier alpha value is -2.22. The highest BCUT2D eigenvalue weighted by molar-refractivity contribution is 7.80. The number of amides is 1.